The van der Waals surface area contributed by atoms with E-state index in [1.165, 1.54) is 12.3 Å². The lowest BCUT2D eigenvalue weighted by Crippen LogP contribution is -2.35. The lowest BCUT2D eigenvalue weighted by atomic mass is 9.94. The summed E-state index contributed by atoms with van der Waals surface area (Å²) >= 11 is 0. The molecule has 2 aromatic heterocycles. The molecule has 1 saturated heterocycles. The van der Waals surface area contributed by atoms with Gasteiger partial charge < -0.3 is 13.7 Å². The standard InChI is InChI=1S/C14H19N3O4S/c1-17-7-6-15-14(17)13-11(4-2-9-21-13)10-16-22(18,19)12-5-3-8-20-12/h3,5-8,11,13,16H,2,4,9-10H2,1H3/t11-,13+/m0/s1. The Kier molecular flexibility index (Phi) is 4.32. The van der Waals surface area contributed by atoms with E-state index in [-0.39, 0.29) is 17.1 Å². The largest absolute Gasteiger partial charge is 0.452 e. The monoisotopic (exact) mass is 325 g/mol. The zero-order valence-electron chi connectivity index (χ0n) is 12.3. The third kappa shape index (κ3) is 3.08. The van der Waals surface area contributed by atoms with E-state index in [9.17, 15) is 8.42 Å². The van der Waals surface area contributed by atoms with E-state index in [1.807, 2.05) is 17.8 Å². The molecule has 0 radical (unpaired) electrons. The minimum Gasteiger partial charge on any atom is -0.452 e. The summed E-state index contributed by atoms with van der Waals surface area (Å²) in [6.07, 6.45) is 6.52. The number of hydrogen-bond acceptors (Lipinski definition) is 5. The number of aromatic nitrogens is 2. The molecule has 1 aliphatic rings. The zero-order valence-corrected chi connectivity index (χ0v) is 13.1. The van der Waals surface area contributed by atoms with E-state index in [0.29, 0.717) is 13.2 Å². The van der Waals surface area contributed by atoms with Crippen LogP contribution in [0.15, 0.2) is 40.3 Å². The number of imidazole rings is 1. The van der Waals surface area contributed by atoms with Crippen LogP contribution >= 0.6 is 0 Å². The van der Waals surface area contributed by atoms with Crippen LogP contribution < -0.4 is 4.72 Å². The minimum absolute atomic E-state index is 0.0413. The fourth-order valence-corrected chi connectivity index (χ4v) is 3.71. The first-order valence-corrected chi connectivity index (χ1v) is 8.68. The van der Waals surface area contributed by atoms with Gasteiger partial charge in [-0.1, -0.05) is 0 Å². The van der Waals surface area contributed by atoms with Crippen molar-refractivity contribution in [2.24, 2.45) is 13.0 Å². The van der Waals surface area contributed by atoms with Crippen molar-refractivity contribution < 1.29 is 17.6 Å². The summed E-state index contributed by atoms with van der Waals surface area (Å²) in [6.45, 7) is 0.958. The summed E-state index contributed by atoms with van der Waals surface area (Å²) in [4.78, 5) is 4.33. The zero-order chi connectivity index (χ0) is 15.6. The van der Waals surface area contributed by atoms with Crippen LogP contribution in [-0.4, -0.2) is 31.1 Å². The molecule has 120 valence electrons. The number of rotatable bonds is 5. The fraction of sp³-hybridized carbons (Fsp3) is 0.500. The predicted molar refractivity (Wildman–Crippen MR) is 78.5 cm³/mol. The molecule has 0 aliphatic carbocycles. The molecule has 0 bridgehead atoms. The molecular formula is C14H19N3O4S. The number of ether oxygens (including phenoxy) is 1. The van der Waals surface area contributed by atoms with E-state index in [4.69, 9.17) is 9.15 Å². The van der Waals surface area contributed by atoms with Gasteiger partial charge in [0.15, 0.2) is 0 Å². The second-order valence-corrected chi connectivity index (χ2v) is 7.07. The molecular weight excluding hydrogens is 306 g/mol. The maximum absolute atomic E-state index is 12.1. The molecule has 1 N–H and O–H groups in total. The van der Waals surface area contributed by atoms with E-state index in [2.05, 4.69) is 9.71 Å². The van der Waals surface area contributed by atoms with Gasteiger partial charge in [0, 0.05) is 38.5 Å². The maximum Gasteiger partial charge on any atom is 0.273 e. The highest BCUT2D eigenvalue weighted by molar-refractivity contribution is 7.89. The van der Waals surface area contributed by atoms with Gasteiger partial charge in [0.2, 0.25) is 5.09 Å². The first-order chi connectivity index (χ1) is 10.6. The first-order valence-electron chi connectivity index (χ1n) is 7.20. The number of nitrogens with one attached hydrogen (secondary N) is 1. The van der Waals surface area contributed by atoms with E-state index < -0.39 is 10.0 Å². The molecule has 0 aromatic carbocycles. The smallest absolute Gasteiger partial charge is 0.273 e. The van der Waals surface area contributed by atoms with Crippen molar-refractivity contribution in [3.63, 3.8) is 0 Å². The molecule has 0 saturated carbocycles. The van der Waals surface area contributed by atoms with Crippen molar-refractivity contribution >= 4 is 10.0 Å². The van der Waals surface area contributed by atoms with Crippen LogP contribution in [0.25, 0.3) is 0 Å². The van der Waals surface area contributed by atoms with Crippen LogP contribution in [0.5, 0.6) is 0 Å². The average molecular weight is 325 g/mol. The van der Waals surface area contributed by atoms with Crippen LogP contribution in [0.1, 0.15) is 24.8 Å². The summed E-state index contributed by atoms with van der Waals surface area (Å²) in [6, 6.07) is 2.98. The molecule has 7 nitrogen and oxygen atoms in total. The van der Waals surface area contributed by atoms with Gasteiger partial charge in [-0.2, -0.15) is 0 Å². The Bertz CT molecular complexity index is 708. The molecule has 22 heavy (non-hydrogen) atoms. The van der Waals surface area contributed by atoms with Gasteiger partial charge in [0.1, 0.15) is 11.9 Å². The van der Waals surface area contributed by atoms with Crippen molar-refractivity contribution in [2.45, 2.75) is 24.0 Å². The molecule has 3 heterocycles. The van der Waals surface area contributed by atoms with Crippen LogP contribution in [-0.2, 0) is 21.8 Å². The summed E-state index contributed by atoms with van der Waals surface area (Å²) in [5, 5.41) is -0.0715. The Morgan fingerprint density at radius 1 is 1.50 bits per heavy atom. The van der Waals surface area contributed by atoms with Gasteiger partial charge >= 0.3 is 0 Å². The molecule has 0 spiro atoms. The highest BCUT2D eigenvalue weighted by Gasteiger charge is 2.31. The molecule has 1 fully saturated rings. The molecule has 1 aliphatic heterocycles. The van der Waals surface area contributed by atoms with Crippen molar-refractivity contribution in [3.8, 4) is 0 Å². The maximum atomic E-state index is 12.1. The van der Waals surface area contributed by atoms with Crippen LogP contribution in [0.2, 0.25) is 0 Å². The molecule has 0 amide bonds. The molecule has 0 unspecified atom stereocenters. The van der Waals surface area contributed by atoms with Gasteiger partial charge in [-0.25, -0.2) is 18.1 Å². The van der Waals surface area contributed by atoms with Crippen molar-refractivity contribution in [1.29, 1.82) is 0 Å². The van der Waals surface area contributed by atoms with Crippen molar-refractivity contribution in [2.75, 3.05) is 13.2 Å². The topological polar surface area (TPSA) is 86.4 Å². The van der Waals surface area contributed by atoms with Crippen LogP contribution in [0.3, 0.4) is 0 Å². The van der Waals surface area contributed by atoms with Gasteiger partial charge in [-0.3, -0.25) is 0 Å². The number of hydrogen-bond donors (Lipinski definition) is 1. The SMILES string of the molecule is Cn1ccnc1[C@@H]1OCCC[C@H]1CNS(=O)(=O)c1ccco1. The van der Waals surface area contributed by atoms with Gasteiger partial charge in [0.05, 0.1) is 6.26 Å². The van der Waals surface area contributed by atoms with Gasteiger partial charge in [-0.15, -0.1) is 0 Å². The number of nitrogens with zero attached hydrogens (tertiary/aromatic N) is 2. The van der Waals surface area contributed by atoms with Crippen molar-refractivity contribution in [3.05, 3.63) is 36.6 Å². The quantitative estimate of drug-likeness (QED) is 0.899. The molecule has 2 aromatic rings. The Balaban J connectivity index is 1.71. The van der Waals surface area contributed by atoms with E-state index in [1.54, 1.807) is 12.3 Å². The van der Waals surface area contributed by atoms with Gasteiger partial charge in [0.25, 0.3) is 10.0 Å². The van der Waals surface area contributed by atoms with Crippen LogP contribution in [0, 0.1) is 5.92 Å². The predicted octanol–water partition coefficient (Wildman–Crippen LogP) is 1.46. The Morgan fingerprint density at radius 2 is 2.36 bits per heavy atom. The van der Waals surface area contributed by atoms with Crippen LogP contribution in [0.4, 0.5) is 0 Å². The summed E-state index contributed by atoms with van der Waals surface area (Å²) < 4.78 is 39.6. The molecule has 3 rings (SSSR count). The number of furan rings is 1. The van der Waals surface area contributed by atoms with E-state index >= 15 is 0 Å². The summed E-state index contributed by atoms with van der Waals surface area (Å²) in [5.41, 5.74) is 0. The Morgan fingerprint density at radius 3 is 3.05 bits per heavy atom. The molecule has 8 heteroatoms. The first kappa shape index (κ1) is 15.3. The Labute approximate surface area is 129 Å². The highest BCUT2D eigenvalue weighted by Crippen LogP contribution is 2.32. The molecule has 2 atom stereocenters. The third-order valence-electron chi connectivity index (χ3n) is 3.85. The van der Waals surface area contributed by atoms with E-state index in [0.717, 1.165) is 18.7 Å². The highest BCUT2D eigenvalue weighted by atomic mass is 32.2. The Hall–Kier alpha value is -1.64. The minimum atomic E-state index is -3.62. The number of sulfonamides is 1. The normalized spacial score (nSPS) is 22.8. The lowest BCUT2D eigenvalue weighted by Gasteiger charge is -2.31. The third-order valence-corrected chi connectivity index (χ3v) is 5.16. The second kappa shape index (κ2) is 6.23. The average Bonchev–Trinajstić information content (AvgIpc) is 3.17. The van der Waals surface area contributed by atoms with Crippen molar-refractivity contribution in [1.82, 2.24) is 14.3 Å². The lowest BCUT2D eigenvalue weighted by molar-refractivity contribution is -0.0328. The second-order valence-electron chi connectivity index (χ2n) is 5.37. The summed E-state index contributed by atoms with van der Waals surface area (Å²) in [7, 11) is -1.71. The van der Waals surface area contributed by atoms with Gasteiger partial charge in [-0.05, 0) is 25.0 Å². The fourth-order valence-electron chi connectivity index (χ4n) is 2.69. The summed E-state index contributed by atoms with van der Waals surface area (Å²) in [5.74, 6) is 0.862. The number of aryl methyl sites for hydroxylation is 1.